The number of rotatable bonds is 8. The van der Waals surface area contributed by atoms with Gasteiger partial charge in [-0.1, -0.05) is 36.4 Å². The zero-order valence-electron chi connectivity index (χ0n) is 19.3. The molecule has 0 spiro atoms. The summed E-state index contributed by atoms with van der Waals surface area (Å²) in [6.07, 6.45) is 2.81. The van der Waals surface area contributed by atoms with Gasteiger partial charge in [0, 0.05) is 30.9 Å². The van der Waals surface area contributed by atoms with Crippen LogP contribution in [0.5, 0.6) is 0 Å². The van der Waals surface area contributed by atoms with E-state index in [2.05, 4.69) is 82.3 Å². The molecule has 0 aliphatic rings. The zero-order valence-corrected chi connectivity index (χ0v) is 22.5. The van der Waals surface area contributed by atoms with Gasteiger partial charge in [0.15, 0.2) is 5.96 Å². The Morgan fingerprint density at radius 1 is 1.03 bits per heavy atom. The van der Waals surface area contributed by atoms with E-state index in [1.165, 1.54) is 21.0 Å². The molecular formula is C25H31IN6S. The first-order valence-corrected chi connectivity index (χ1v) is 11.9. The van der Waals surface area contributed by atoms with Crippen molar-refractivity contribution in [3.8, 4) is 0 Å². The number of thiazole rings is 1. The van der Waals surface area contributed by atoms with Crippen LogP contribution in [0.3, 0.4) is 0 Å². The van der Waals surface area contributed by atoms with Gasteiger partial charge in [-0.15, -0.1) is 35.3 Å². The monoisotopic (exact) mass is 574 g/mol. The summed E-state index contributed by atoms with van der Waals surface area (Å²) in [5.41, 5.74) is 5.76. The summed E-state index contributed by atoms with van der Waals surface area (Å²) in [5.74, 6) is 0.839. The van der Waals surface area contributed by atoms with Crippen LogP contribution < -0.4 is 10.6 Å². The molecule has 174 valence electrons. The lowest BCUT2D eigenvalue weighted by atomic mass is 10.1. The van der Waals surface area contributed by atoms with Gasteiger partial charge < -0.3 is 15.2 Å². The number of guanidine groups is 1. The molecule has 0 atom stereocenters. The number of nitrogens with zero attached hydrogens (tertiary/aromatic N) is 4. The Hall–Kier alpha value is -2.46. The fourth-order valence-corrected chi connectivity index (χ4v) is 4.46. The van der Waals surface area contributed by atoms with Crippen LogP contribution in [0.25, 0.3) is 11.0 Å². The molecule has 4 rings (SSSR count). The highest BCUT2D eigenvalue weighted by Crippen LogP contribution is 2.17. The topological polar surface area (TPSA) is 67.1 Å². The van der Waals surface area contributed by atoms with Crippen molar-refractivity contribution in [2.75, 3.05) is 13.1 Å². The Labute approximate surface area is 216 Å². The number of imidazole rings is 1. The molecule has 6 nitrogen and oxygen atoms in total. The summed E-state index contributed by atoms with van der Waals surface area (Å²) in [5, 5.41) is 7.92. The highest BCUT2D eigenvalue weighted by atomic mass is 127. The van der Waals surface area contributed by atoms with Crippen LogP contribution >= 0.6 is 35.3 Å². The van der Waals surface area contributed by atoms with Crippen LogP contribution in [0.4, 0.5) is 0 Å². The first kappa shape index (κ1) is 25.2. The fraction of sp³-hybridized carbons (Fsp3) is 0.320. The second kappa shape index (κ2) is 12.1. The maximum absolute atomic E-state index is 4.75. The highest BCUT2D eigenvalue weighted by Gasteiger charge is 2.05. The predicted octanol–water partition coefficient (Wildman–Crippen LogP) is 5.07. The lowest BCUT2D eigenvalue weighted by Gasteiger charge is -2.11. The van der Waals surface area contributed by atoms with Crippen molar-refractivity contribution >= 4 is 52.3 Å². The number of hydrogen-bond acceptors (Lipinski definition) is 4. The number of aryl methyl sites for hydroxylation is 2. The van der Waals surface area contributed by atoms with Crippen LogP contribution in [-0.4, -0.2) is 33.6 Å². The molecule has 33 heavy (non-hydrogen) atoms. The van der Waals surface area contributed by atoms with Crippen LogP contribution in [0.15, 0.2) is 59.9 Å². The van der Waals surface area contributed by atoms with Crippen LogP contribution in [-0.2, 0) is 19.5 Å². The van der Waals surface area contributed by atoms with Crippen molar-refractivity contribution in [3.05, 3.63) is 81.6 Å². The molecule has 0 bridgehead atoms. The van der Waals surface area contributed by atoms with Crippen molar-refractivity contribution in [2.45, 2.75) is 40.3 Å². The van der Waals surface area contributed by atoms with Crippen molar-refractivity contribution < 1.29 is 0 Å². The third-order valence-electron chi connectivity index (χ3n) is 5.37. The Balaban J connectivity index is 0.00000306. The van der Waals surface area contributed by atoms with E-state index in [1.807, 2.05) is 18.5 Å². The van der Waals surface area contributed by atoms with E-state index in [1.54, 1.807) is 11.3 Å². The predicted molar refractivity (Wildman–Crippen MR) is 149 cm³/mol. The molecule has 8 heteroatoms. The van der Waals surface area contributed by atoms with Gasteiger partial charge >= 0.3 is 0 Å². The van der Waals surface area contributed by atoms with Gasteiger partial charge in [0.05, 0.1) is 34.6 Å². The van der Waals surface area contributed by atoms with Crippen molar-refractivity contribution in [1.29, 1.82) is 0 Å². The quantitative estimate of drug-likeness (QED) is 0.175. The number of aromatic nitrogens is 3. The Bertz CT molecular complexity index is 1180. The van der Waals surface area contributed by atoms with Crippen molar-refractivity contribution in [3.63, 3.8) is 0 Å². The van der Waals surface area contributed by atoms with Gasteiger partial charge in [-0.3, -0.25) is 0 Å². The van der Waals surface area contributed by atoms with E-state index < -0.39 is 0 Å². The summed E-state index contributed by atoms with van der Waals surface area (Å²) in [6.45, 7) is 9.37. The van der Waals surface area contributed by atoms with E-state index in [0.29, 0.717) is 6.54 Å². The molecular weight excluding hydrogens is 543 g/mol. The van der Waals surface area contributed by atoms with E-state index in [9.17, 15) is 0 Å². The van der Waals surface area contributed by atoms with Crippen molar-refractivity contribution in [1.82, 2.24) is 25.2 Å². The Morgan fingerprint density at radius 2 is 1.79 bits per heavy atom. The molecule has 2 aromatic carbocycles. The van der Waals surface area contributed by atoms with Gasteiger partial charge in [0.2, 0.25) is 0 Å². The van der Waals surface area contributed by atoms with Crippen LogP contribution in [0.2, 0.25) is 0 Å². The van der Waals surface area contributed by atoms with E-state index in [0.717, 1.165) is 48.7 Å². The molecule has 0 radical (unpaired) electrons. The molecule has 0 amide bonds. The third-order valence-corrected chi connectivity index (χ3v) is 6.50. The maximum atomic E-state index is 4.75. The number of benzene rings is 2. The van der Waals surface area contributed by atoms with E-state index in [4.69, 9.17) is 4.99 Å². The summed E-state index contributed by atoms with van der Waals surface area (Å²) in [7, 11) is 0. The number of halogens is 1. The summed E-state index contributed by atoms with van der Waals surface area (Å²) in [6, 6.07) is 16.9. The zero-order chi connectivity index (χ0) is 22.3. The summed E-state index contributed by atoms with van der Waals surface area (Å²) in [4.78, 5) is 15.1. The number of aliphatic imine (C=N–C) groups is 1. The second-order valence-corrected chi connectivity index (χ2v) is 9.09. The molecule has 0 unspecified atom stereocenters. The van der Waals surface area contributed by atoms with Gasteiger partial charge in [0.1, 0.15) is 0 Å². The molecule has 2 N–H and O–H groups in total. The molecule has 0 saturated carbocycles. The summed E-state index contributed by atoms with van der Waals surface area (Å²) >= 11 is 1.78. The lowest BCUT2D eigenvalue weighted by molar-refractivity contribution is 0.795. The number of hydrogen-bond donors (Lipinski definition) is 2. The van der Waals surface area contributed by atoms with Crippen LogP contribution in [0.1, 0.15) is 33.6 Å². The molecule has 4 aromatic rings. The molecule has 2 heterocycles. The van der Waals surface area contributed by atoms with Crippen molar-refractivity contribution in [2.24, 2.45) is 4.99 Å². The van der Waals surface area contributed by atoms with Crippen LogP contribution in [0, 0.1) is 13.8 Å². The number of para-hydroxylation sites is 2. The standard InChI is InChI=1S/C25H30N6S.HI/c1-4-26-25(27-14-13-24-30-18(2)19(3)32-24)28-15-20-9-11-21(12-10-20)16-31-17-29-22-7-5-6-8-23(22)31;/h5-12,17H,4,13-16H2,1-3H3,(H2,26,27,28);1H. The van der Waals surface area contributed by atoms with E-state index in [-0.39, 0.29) is 24.0 Å². The maximum Gasteiger partial charge on any atom is 0.191 e. The molecule has 0 aliphatic carbocycles. The van der Waals surface area contributed by atoms with Gasteiger partial charge in [0.25, 0.3) is 0 Å². The molecule has 0 saturated heterocycles. The average Bonchev–Trinajstić information content (AvgIpc) is 3.35. The SMILES string of the molecule is CCNC(=NCc1ccc(Cn2cnc3ccccc32)cc1)NCCc1nc(C)c(C)s1.I. The first-order valence-electron chi connectivity index (χ1n) is 11.0. The van der Waals surface area contributed by atoms with E-state index >= 15 is 0 Å². The average molecular weight is 575 g/mol. The number of nitrogens with one attached hydrogen (secondary N) is 2. The smallest absolute Gasteiger partial charge is 0.191 e. The van der Waals surface area contributed by atoms with Gasteiger partial charge in [-0.05, 0) is 44.0 Å². The Kier molecular flexibility index (Phi) is 9.25. The normalized spacial score (nSPS) is 11.4. The Morgan fingerprint density at radius 3 is 2.52 bits per heavy atom. The first-order chi connectivity index (χ1) is 15.6. The van der Waals surface area contributed by atoms with Gasteiger partial charge in [-0.25, -0.2) is 15.0 Å². The largest absolute Gasteiger partial charge is 0.357 e. The molecule has 2 aromatic heterocycles. The molecule has 0 fully saturated rings. The lowest BCUT2D eigenvalue weighted by Crippen LogP contribution is -2.38. The highest BCUT2D eigenvalue weighted by molar-refractivity contribution is 14.0. The minimum absolute atomic E-state index is 0. The fourth-order valence-electron chi connectivity index (χ4n) is 3.53. The van der Waals surface area contributed by atoms with Gasteiger partial charge in [-0.2, -0.15) is 0 Å². The molecule has 0 aliphatic heterocycles. The second-order valence-electron chi connectivity index (χ2n) is 7.80. The minimum Gasteiger partial charge on any atom is -0.357 e. The summed E-state index contributed by atoms with van der Waals surface area (Å²) < 4.78 is 2.18. The third kappa shape index (κ3) is 6.77. The number of fused-ring (bicyclic) bond motifs is 1. The minimum atomic E-state index is 0.